The maximum Gasteiger partial charge on any atom is 0.282 e. The van der Waals surface area contributed by atoms with Gasteiger partial charge in [0.1, 0.15) is 5.70 Å². The van der Waals surface area contributed by atoms with Gasteiger partial charge in [-0.15, -0.1) is 0 Å². The van der Waals surface area contributed by atoms with Gasteiger partial charge in [-0.3, -0.25) is 9.59 Å². The Labute approximate surface area is 206 Å². The Balaban J connectivity index is 1.43. The van der Waals surface area contributed by atoms with Crippen molar-refractivity contribution in [2.75, 3.05) is 47.8 Å². The number of hydrogen-bond donors (Lipinski definition) is 1. The van der Waals surface area contributed by atoms with Crippen molar-refractivity contribution < 1.29 is 9.59 Å². The number of anilines is 3. The molecule has 178 valence electrons. The number of benzene rings is 3. The van der Waals surface area contributed by atoms with Crippen LogP contribution < -0.4 is 15.1 Å². The van der Waals surface area contributed by atoms with E-state index in [2.05, 4.69) is 34.2 Å². The van der Waals surface area contributed by atoms with Crippen molar-refractivity contribution in [3.05, 3.63) is 95.7 Å². The third-order valence-corrected chi connectivity index (χ3v) is 6.76. The van der Waals surface area contributed by atoms with E-state index >= 15 is 0 Å². The number of carbonyl (C=O) groups excluding carboxylic acids is 2. The van der Waals surface area contributed by atoms with Gasteiger partial charge < -0.3 is 15.1 Å². The second-order valence-electron chi connectivity index (χ2n) is 8.99. The number of imide groups is 1. The van der Waals surface area contributed by atoms with Crippen LogP contribution in [-0.2, 0) is 9.59 Å². The van der Waals surface area contributed by atoms with Crippen molar-refractivity contribution in [2.45, 2.75) is 13.8 Å². The number of nitrogens with one attached hydrogen (secondary N) is 1. The molecule has 2 heterocycles. The first-order chi connectivity index (χ1) is 17.0. The third kappa shape index (κ3) is 4.57. The van der Waals surface area contributed by atoms with Crippen LogP contribution in [0.4, 0.5) is 17.1 Å². The normalized spacial score (nSPS) is 16.9. The van der Waals surface area contributed by atoms with E-state index in [9.17, 15) is 9.59 Å². The van der Waals surface area contributed by atoms with Crippen LogP contribution in [0.25, 0.3) is 5.57 Å². The Morgan fingerprint density at radius 3 is 2.00 bits per heavy atom. The summed E-state index contributed by atoms with van der Waals surface area (Å²) in [6, 6.07) is 24.9. The molecule has 6 nitrogen and oxygen atoms in total. The quantitative estimate of drug-likeness (QED) is 0.541. The van der Waals surface area contributed by atoms with Crippen LogP contribution in [0.3, 0.4) is 0 Å². The van der Waals surface area contributed by atoms with Crippen LogP contribution in [0.5, 0.6) is 0 Å². The lowest BCUT2D eigenvalue weighted by Crippen LogP contribution is -2.46. The second-order valence-corrected chi connectivity index (χ2v) is 8.99. The molecule has 6 heteroatoms. The van der Waals surface area contributed by atoms with E-state index < -0.39 is 0 Å². The number of hydrogen-bond acceptors (Lipinski definition) is 5. The fraction of sp³-hybridized carbons (Fsp3) is 0.241. The van der Waals surface area contributed by atoms with E-state index in [1.165, 1.54) is 10.6 Å². The zero-order chi connectivity index (χ0) is 24.4. The minimum atomic E-state index is -0.350. The lowest BCUT2D eigenvalue weighted by atomic mass is 10.0. The summed E-state index contributed by atoms with van der Waals surface area (Å²) in [5.74, 6) is -0.671. The van der Waals surface area contributed by atoms with Crippen molar-refractivity contribution in [1.82, 2.24) is 4.90 Å². The largest absolute Gasteiger partial charge is 0.369 e. The zero-order valence-corrected chi connectivity index (χ0v) is 20.2. The molecule has 1 N–H and O–H groups in total. The van der Waals surface area contributed by atoms with Crippen LogP contribution in [0.2, 0.25) is 0 Å². The summed E-state index contributed by atoms with van der Waals surface area (Å²) in [5, 5.41) is 3.27. The highest BCUT2D eigenvalue weighted by Crippen LogP contribution is 2.34. The standard InChI is InChI=1S/C29H30N4O2/c1-3-31-17-19-32(20-18-31)24-15-11-23(12-16-24)30-27-26(22-7-5-4-6-8-22)28(34)33(29(27)35)25-13-9-21(2)10-14-25/h4-16,30H,3,17-20H2,1-2H3. The second kappa shape index (κ2) is 9.76. The number of rotatable bonds is 6. The molecule has 35 heavy (non-hydrogen) atoms. The first kappa shape index (κ1) is 22.9. The number of likely N-dealkylation sites (N-methyl/N-ethyl adjacent to an activating group) is 1. The number of piperazine rings is 1. The van der Waals surface area contributed by atoms with Gasteiger partial charge in [0.05, 0.1) is 11.3 Å². The zero-order valence-electron chi connectivity index (χ0n) is 20.2. The topological polar surface area (TPSA) is 55.9 Å². The van der Waals surface area contributed by atoms with Crippen LogP contribution in [-0.4, -0.2) is 49.4 Å². The highest BCUT2D eigenvalue weighted by Gasteiger charge is 2.40. The van der Waals surface area contributed by atoms with Crippen LogP contribution in [0.1, 0.15) is 18.1 Å². The Morgan fingerprint density at radius 1 is 0.743 bits per heavy atom. The molecule has 3 aromatic carbocycles. The predicted molar refractivity (Wildman–Crippen MR) is 141 cm³/mol. The maximum absolute atomic E-state index is 13.5. The molecule has 2 amide bonds. The lowest BCUT2D eigenvalue weighted by Gasteiger charge is -2.35. The van der Waals surface area contributed by atoms with Crippen molar-refractivity contribution in [3.8, 4) is 0 Å². The first-order valence-corrected chi connectivity index (χ1v) is 12.1. The molecule has 0 radical (unpaired) electrons. The summed E-state index contributed by atoms with van der Waals surface area (Å²) < 4.78 is 0. The monoisotopic (exact) mass is 466 g/mol. The smallest absolute Gasteiger partial charge is 0.282 e. The van der Waals surface area contributed by atoms with E-state index in [0.717, 1.165) is 44.0 Å². The van der Waals surface area contributed by atoms with Gasteiger partial charge in [-0.25, -0.2) is 4.90 Å². The summed E-state index contributed by atoms with van der Waals surface area (Å²) >= 11 is 0. The van der Waals surface area contributed by atoms with E-state index in [1.807, 2.05) is 73.7 Å². The predicted octanol–water partition coefficient (Wildman–Crippen LogP) is 4.53. The molecule has 3 aromatic rings. The minimum absolute atomic E-state index is 0.297. The summed E-state index contributed by atoms with van der Waals surface area (Å²) in [7, 11) is 0. The third-order valence-electron chi connectivity index (χ3n) is 6.76. The van der Waals surface area contributed by atoms with Gasteiger partial charge in [0.15, 0.2) is 0 Å². The average Bonchev–Trinajstić information content (AvgIpc) is 3.14. The fourth-order valence-corrected chi connectivity index (χ4v) is 4.67. The van der Waals surface area contributed by atoms with Gasteiger partial charge in [-0.1, -0.05) is 55.0 Å². The summed E-state index contributed by atoms with van der Waals surface area (Å²) in [4.78, 5) is 33.1. The molecule has 0 atom stereocenters. The van der Waals surface area contributed by atoms with Crippen LogP contribution in [0.15, 0.2) is 84.6 Å². The maximum atomic E-state index is 13.5. The highest BCUT2D eigenvalue weighted by atomic mass is 16.2. The van der Waals surface area contributed by atoms with Crippen LogP contribution >= 0.6 is 0 Å². The molecule has 2 aliphatic heterocycles. The van der Waals surface area contributed by atoms with Crippen molar-refractivity contribution in [3.63, 3.8) is 0 Å². The van der Waals surface area contributed by atoms with Crippen molar-refractivity contribution in [1.29, 1.82) is 0 Å². The minimum Gasteiger partial charge on any atom is -0.369 e. The number of aryl methyl sites for hydroxylation is 1. The molecule has 1 fully saturated rings. The first-order valence-electron chi connectivity index (χ1n) is 12.1. The average molecular weight is 467 g/mol. The molecule has 1 saturated heterocycles. The molecule has 0 aliphatic carbocycles. The van der Waals surface area contributed by atoms with Crippen LogP contribution in [0, 0.1) is 6.92 Å². The number of carbonyl (C=O) groups is 2. The van der Waals surface area contributed by atoms with E-state index in [4.69, 9.17) is 0 Å². The van der Waals surface area contributed by atoms with E-state index in [1.54, 1.807) is 0 Å². The fourth-order valence-electron chi connectivity index (χ4n) is 4.67. The molecular weight excluding hydrogens is 436 g/mol. The van der Waals surface area contributed by atoms with Crippen molar-refractivity contribution >= 4 is 34.4 Å². The Hall–Kier alpha value is -3.90. The number of amides is 2. The molecule has 0 spiro atoms. The molecule has 2 aliphatic rings. The lowest BCUT2D eigenvalue weighted by molar-refractivity contribution is -0.120. The molecule has 0 unspecified atom stereocenters. The molecule has 0 aromatic heterocycles. The molecular formula is C29H30N4O2. The highest BCUT2D eigenvalue weighted by molar-refractivity contribution is 6.46. The summed E-state index contributed by atoms with van der Waals surface area (Å²) in [6.07, 6.45) is 0. The van der Waals surface area contributed by atoms with Gasteiger partial charge in [0.2, 0.25) is 0 Å². The van der Waals surface area contributed by atoms with Gasteiger partial charge >= 0.3 is 0 Å². The summed E-state index contributed by atoms with van der Waals surface area (Å²) in [6.45, 7) is 9.40. The Kier molecular flexibility index (Phi) is 6.38. The number of nitrogens with zero attached hydrogens (tertiary/aromatic N) is 3. The SMILES string of the molecule is CCN1CCN(c2ccc(NC3=C(c4ccccc4)C(=O)N(c4ccc(C)cc4)C3=O)cc2)CC1. The van der Waals surface area contributed by atoms with Crippen molar-refractivity contribution in [2.24, 2.45) is 0 Å². The van der Waals surface area contributed by atoms with E-state index in [-0.39, 0.29) is 11.8 Å². The van der Waals surface area contributed by atoms with Gasteiger partial charge in [-0.2, -0.15) is 0 Å². The molecule has 5 rings (SSSR count). The Bertz CT molecular complexity index is 1240. The van der Waals surface area contributed by atoms with Gasteiger partial charge in [0.25, 0.3) is 11.8 Å². The Morgan fingerprint density at radius 2 is 1.37 bits per heavy atom. The van der Waals surface area contributed by atoms with Gasteiger partial charge in [-0.05, 0) is 55.4 Å². The van der Waals surface area contributed by atoms with Gasteiger partial charge in [0, 0.05) is 37.6 Å². The summed E-state index contributed by atoms with van der Waals surface area (Å²) in [5.41, 5.74) is 4.97. The molecule has 0 bridgehead atoms. The van der Waals surface area contributed by atoms with E-state index in [0.29, 0.717) is 22.5 Å². The molecule has 0 saturated carbocycles.